The zero-order chi connectivity index (χ0) is 51.2. The lowest BCUT2D eigenvalue weighted by Gasteiger charge is -2.30. The van der Waals surface area contributed by atoms with Crippen LogP contribution in [0.1, 0.15) is 134 Å². The summed E-state index contributed by atoms with van der Waals surface area (Å²) in [5.74, 6) is -6.81. The van der Waals surface area contributed by atoms with Gasteiger partial charge in [-0.25, -0.2) is 0 Å². The van der Waals surface area contributed by atoms with Crippen molar-refractivity contribution >= 4 is 47.3 Å². The molecule has 12 N–H and O–H groups in total. The highest BCUT2D eigenvalue weighted by atomic mass is 16.3. The number of nitrogens with one attached hydrogen (secondary N) is 5. The van der Waals surface area contributed by atoms with Gasteiger partial charge in [-0.05, 0) is 62.1 Å². The number of aliphatic hydroxyl groups is 1. The maximum absolute atomic E-state index is 14.1. The number of likely N-dealkylation sites (N-methyl/N-ethyl adjacent to an activating group) is 2. The van der Waals surface area contributed by atoms with Crippen LogP contribution < -0.4 is 38.1 Å². The third-order valence-corrected chi connectivity index (χ3v) is 12.4. The van der Waals surface area contributed by atoms with E-state index in [1.54, 1.807) is 0 Å². The van der Waals surface area contributed by atoms with Crippen LogP contribution >= 0.6 is 0 Å². The summed E-state index contributed by atoms with van der Waals surface area (Å²) >= 11 is 0. The first kappa shape index (κ1) is 57.0. The molecule has 0 aromatic heterocycles. The van der Waals surface area contributed by atoms with Crippen LogP contribution in [0.15, 0.2) is 36.4 Å². The minimum absolute atomic E-state index is 0.0458. The molecule has 20 heteroatoms. The summed E-state index contributed by atoms with van der Waals surface area (Å²) < 4.78 is 0. The molecule has 0 fully saturated rings. The zero-order valence-electron chi connectivity index (χ0n) is 40.8. The molecule has 1 aliphatic rings. The van der Waals surface area contributed by atoms with E-state index in [1.165, 1.54) is 121 Å². The van der Waals surface area contributed by atoms with Crippen LogP contribution in [0.4, 0.5) is 0 Å². The number of fused-ring (bicyclic) bond motifs is 5. The van der Waals surface area contributed by atoms with Crippen LogP contribution in [0.3, 0.4) is 0 Å². The number of phenolic OH excluding ortho intramolecular Hbond substituents is 2. The maximum Gasteiger partial charge on any atom is 0.257 e. The van der Waals surface area contributed by atoms with Gasteiger partial charge in [-0.15, -0.1) is 0 Å². The third-order valence-electron chi connectivity index (χ3n) is 12.4. The number of phenols is 2. The average Bonchev–Trinajstić information content (AvgIpc) is 3.31. The highest BCUT2D eigenvalue weighted by molar-refractivity contribution is 5.97. The van der Waals surface area contributed by atoms with E-state index < -0.39 is 90.9 Å². The lowest BCUT2D eigenvalue weighted by molar-refractivity contribution is -0.141. The Balaban J connectivity index is 1.67. The number of rotatable bonds is 26. The van der Waals surface area contributed by atoms with E-state index in [1.807, 2.05) is 0 Å². The van der Waals surface area contributed by atoms with E-state index >= 15 is 0 Å². The first-order chi connectivity index (χ1) is 32.8. The topological polar surface area (TPSA) is 316 Å². The molecule has 6 atom stereocenters. The van der Waals surface area contributed by atoms with Gasteiger partial charge >= 0.3 is 0 Å². The minimum Gasteiger partial charge on any atom is -0.507 e. The SMILES string of the molecule is CCCCCCCCCCCCCCCC(=O)N(C)[C@H](CCO)C(=O)N[C@H](N)C(=O)NCC(=O)N(C)[C@@H]1C(=O)N[C@@H](C)C(=O)N[C@H](C(=O)N[C@@H](C)C(N)=O)Cc2ccc(O)c(c2)-c2cc1ccc2O. The average molecular weight is 966 g/mol. The lowest BCUT2D eigenvalue weighted by Crippen LogP contribution is -2.58. The predicted molar refractivity (Wildman–Crippen MR) is 258 cm³/mol. The maximum atomic E-state index is 14.1. The molecular formula is C49H75N9O11. The fourth-order valence-corrected chi connectivity index (χ4v) is 8.02. The van der Waals surface area contributed by atoms with Gasteiger partial charge in [0, 0.05) is 44.7 Å². The molecule has 20 nitrogen and oxygen atoms in total. The molecule has 8 amide bonds. The molecule has 2 aromatic rings. The number of hydrogen-bond donors (Lipinski definition) is 10. The fourth-order valence-electron chi connectivity index (χ4n) is 8.02. The molecule has 1 aliphatic heterocycles. The van der Waals surface area contributed by atoms with Gasteiger partial charge in [0.2, 0.25) is 41.4 Å². The van der Waals surface area contributed by atoms with Crippen LogP contribution in [-0.4, -0.2) is 130 Å². The Hall–Kier alpha value is -6.28. The van der Waals surface area contributed by atoms with Crippen molar-refractivity contribution < 1.29 is 53.7 Å². The highest BCUT2D eigenvalue weighted by Crippen LogP contribution is 2.38. The van der Waals surface area contributed by atoms with E-state index in [-0.39, 0.29) is 53.4 Å². The largest absolute Gasteiger partial charge is 0.507 e. The van der Waals surface area contributed by atoms with Gasteiger partial charge in [0.25, 0.3) is 5.91 Å². The number of unbranched alkanes of at least 4 members (excludes halogenated alkanes) is 12. The van der Waals surface area contributed by atoms with Crippen molar-refractivity contribution in [3.63, 3.8) is 0 Å². The Morgan fingerprint density at radius 3 is 1.91 bits per heavy atom. The molecular weight excluding hydrogens is 891 g/mol. The number of nitrogens with zero attached hydrogens (tertiary/aromatic N) is 2. The van der Waals surface area contributed by atoms with Gasteiger partial charge in [-0.2, -0.15) is 0 Å². The number of amides is 8. The predicted octanol–water partition coefficient (Wildman–Crippen LogP) is 2.01. The molecule has 1 heterocycles. The Labute approximate surface area is 405 Å². The van der Waals surface area contributed by atoms with E-state index in [0.717, 1.165) is 30.6 Å². The number of carbonyl (C=O) groups excluding carboxylic acids is 8. The van der Waals surface area contributed by atoms with Gasteiger partial charge in [0.1, 0.15) is 41.7 Å². The zero-order valence-corrected chi connectivity index (χ0v) is 40.8. The number of aromatic hydroxyl groups is 2. The van der Waals surface area contributed by atoms with Gasteiger partial charge in [0.05, 0.1) is 6.54 Å². The van der Waals surface area contributed by atoms with E-state index in [0.29, 0.717) is 12.0 Å². The fraction of sp³-hybridized carbons (Fsp3) is 0.592. The Morgan fingerprint density at radius 2 is 1.33 bits per heavy atom. The summed E-state index contributed by atoms with van der Waals surface area (Å²) in [6.45, 7) is 3.76. The Kier molecular flexibility index (Phi) is 23.9. The van der Waals surface area contributed by atoms with E-state index in [9.17, 15) is 53.7 Å². The smallest absolute Gasteiger partial charge is 0.257 e. The summed E-state index contributed by atoms with van der Waals surface area (Å²) in [5.41, 5.74) is 12.0. The van der Waals surface area contributed by atoms with Crippen molar-refractivity contribution in [2.24, 2.45) is 11.5 Å². The number of benzene rings is 2. The minimum atomic E-state index is -1.69. The monoisotopic (exact) mass is 966 g/mol. The summed E-state index contributed by atoms with van der Waals surface area (Å²) in [7, 11) is 2.70. The summed E-state index contributed by atoms with van der Waals surface area (Å²) in [6, 6.07) is 1.90. The van der Waals surface area contributed by atoms with Crippen LogP contribution in [0.25, 0.3) is 11.1 Å². The van der Waals surface area contributed by atoms with Crippen molar-refractivity contribution in [3.8, 4) is 22.6 Å². The lowest BCUT2D eigenvalue weighted by atomic mass is 9.93. The van der Waals surface area contributed by atoms with Crippen LogP contribution in [-0.2, 0) is 44.8 Å². The van der Waals surface area contributed by atoms with Crippen molar-refractivity contribution in [2.75, 3.05) is 27.2 Å². The number of carbonyl (C=O) groups is 8. The molecule has 69 heavy (non-hydrogen) atoms. The summed E-state index contributed by atoms with van der Waals surface area (Å²) in [5, 5.41) is 43.9. The molecule has 4 bridgehead atoms. The highest BCUT2D eigenvalue weighted by Gasteiger charge is 2.34. The van der Waals surface area contributed by atoms with E-state index in [2.05, 4.69) is 33.5 Å². The molecule has 382 valence electrons. The number of primary amides is 1. The van der Waals surface area contributed by atoms with Gasteiger partial charge in [0.15, 0.2) is 6.17 Å². The Bertz CT molecular complexity index is 2090. The first-order valence-corrected chi connectivity index (χ1v) is 24.1. The standard InChI is InChI=1S/C49H75N9O11/c1-6-7-8-9-10-11-12-13-14-15-16-17-18-19-40(62)57(4)37(24-25-59)47(67)56-43(50)49(69)52-29-41(63)58(5)42-33-21-23-39(61)35(28-33)34-26-32(20-22-38(34)60)27-36(46(66)53-30(2)44(51)64)55-45(65)31(3)54-48(42)68/h20-23,26,28,30-31,36-37,42-43,59-61H,6-19,24-25,27,29,50H2,1-5H3,(H2,51,64)(H,52,69)(H,53,66)(H,54,68)(H,55,65)(H,56,67)/t30-,31-,36-,37+,42-,43-/m0/s1. The van der Waals surface area contributed by atoms with Crippen molar-refractivity contribution in [1.82, 2.24) is 36.4 Å². The molecule has 0 spiro atoms. The van der Waals surface area contributed by atoms with Crippen molar-refractivity contribution in [2.45, 2.75) is 160 Å². The number of hydrogen-bond acceptors (Lipinski definition) is 12. The molecule has 0 saturated carbocycles. The van der Waals surface area contributed by atoms with Crippen LogP contribution in [0.2, 0.25) is 0 Å². The third kappa shape index (κ3) is 18.0. The first-order valence-electron chi connectivity index (χ1n) is 24.1. The number of aliphatic hydroxyl groups excluding tert-OH is 1. The van der Waals surface area contributed by atoms with Gasteiger partial charge in [-0.1, -0.05) is 96.1 Å². The van der Waals surface area contributed by atoms with E-state index in [4.69, 9.17) is 11.5 Å². The quantitative estimate of drug-likeness (QED) is 0.0479. The molecule has 2 aromatic carbocycles. The molecule has 0 aliphatic carbocycles. The molecule has 0 saturated heterocycles. The molecule has 0 unspecified atom stereocenters. The van der Waals surface area contributed by atoms with Crippen LogP contribution in [0.5, 0.6) is 11.5 Å². The summed E-state index contributed by atoms with van der Waals surface area (Å²) in [6.07, 6.45) is 13.2. The Morgan fingerprint density at radius 1 is 0.768 bits per heavy atom. The van der Waals surface area contributed by atoms with Crippen molar-refractivity contribution in [3.05, 3.63) is 47.5 Å². The second kappa shape index (κ2) is 28.9. The van der Waals surface area contributed by atoms with Crippen molar-refractivity contribution in [1.29, 1.82) is 0 Å². The summed E-state index contributed by atoms with van der Waals surface area (Å²) in [4.78, 5) is 108. The molecule has 0 radical (unpaired) electrons. The molecule has 3 rings (SSSR count). The van der Waals surface area contributed by atoms with Crippen LogP contribution in [0, 0.1) is 0 Å². The van der Waals surface area contributed by atoms with Gasteiger partial charge < -0.3 is 63.2 Å². The van der Waals surface area contributed by atoms with Gasteiger partial charge in [-0.3, -0.25) is 38.4 Å². The second-order valence-electron chi connectivity index (χ2n) is 17.9. The number of nitrogens with two attached hydrogens (primary N) is 2. The second-order valence-corrected chi connectivity index (χ2v) is 17.9. The normalized spacial score (nSPS) is 17.2.